The number of benzene rings is 7. The zero-order valence-electron chi connectivity index (χ0n) is 24.5. The second-order valence-corrected chi connectivity index (χ2v) is 11.8. The van der Waals surface area contributed by atoms with E-state index in [0.29, 0.717) is 11.6 Å². The number of hydrogen-bond acceptors (Lipinski definition) is 4. The number of furan rings is 1. The molecular formula is C41H24ClN3O. The van der Waals surface area contributed by atoms with Gasteiger partial charge in [-0.3, -0.25) is 0 Å². The Kier molecular flexibility index (Phi) is 6.15. The highest BCUT2D eigenvalue weighted by atomic mass is 35.5. The van der Waals surface area contributed by atoms with Crippen LogP contribution in [0.4, 0.5) is 0 Å². The molecule has 7 aromatic carbocycles. The average molecular weight is 610 g/mol. The zero-order chi connectivity index (χ0) is 30.6. The van der Waals surface area contributed by atoms with E-state index in [4.69, 9.17) is 21.0 Å². The average Bonchev–Trinajstić information content (AvgIpc) is 3.49. The fourth-order valence-electron chi connectivity index (χ4n) is 6.29. The molecule has 0 radical (unpaired) electrons. The summed E-state index contributed by atoms with van der Waals surface area (Å²) in [5.41, 5.74) is 7.95. The van der Waals surface area contributed by atoms with Crippen molar-refractivity contribution in [3.63, 3.8) is 0 Å². The van der Waals surface area contributed by atoms with Crippen molar-refractivity contribution in [2.75, 3.05) is 0 Å². The summed E-state index contributed by atoms with van der Waals surface area (Å²) < 4.78 is 6.01. The van der Waals surface area contributed by atoms with Crippen molar-refractivity contribution in [1.82, 2.24) is 15.0 Å². The molecule has 216 valence electrons. The predicted octanol–water partition coefficient (Wildman–Crippen LogP) is 11.4. The van der Waals surface area contributed by atoms with Crippen molar-refractivity contribution in [1.29, 1.82) is 0 Å². The van der Waals surface area contributed by atoms with E-state index in [-0.39, 0.29) is 5.28 Å². The van der Waals surface area contributed by atoms with Crippen LogP contribution in [0.5, 0.6) is 0 Å². The number of nitrogens with zero attached hydrogens (tertiary/aromatic N) is 3. The van der Waals surface area contributed by atoms with Gasteiger partial charge < -0.3 is 4.42 Å². The minimum Gasteiger partial charge on any atom is -0.456 e. The third-order valence-corrected chi connectivity index (χ3v) is 8.79. The molecule has 0 atom stereocenters. The highest BCUT2D eigenvalue weighted by molar-refractivity contribution is 6.28. The summed E-state index contributed by atoms with van der Waals surface area (Å²) in [6, 6.07) is 50.6. The maximum absolute atomic E-state index is 6.48. The second-order valence-electron chi connectivity index (χ2n) is 11.5. The van der Waals surface area contributed by atoms with Gasteiger partial charge in [-0.25, -0.2) is 4.98 Å². The SMILES string of the molecule is Clc1nc(-c2cccc(-c3ccc4ccc(-c5ccc6ccccc6c5)cc4c3)c2)nc(-c2ccc3oc4ccccc4c3c2)n1. The molecule has 0 saturated carbocycles. The monoisotopic (exact) mass is 609 g/mol. The van der Waals surface area contributed by atoms with E-state index in [0.717, 1.165) is 44.2 Å². The van der Waals surface area contributed by atoms with E-state index < -0.39 is 0 Å². The van der Waals surface area contributed by atoms with Crippen LogP contribution < -0.4 is 0 Å². The van der Waals surface area contributed by atoms with Gasteiger partial charge in [0, 0.05) is 21.9 Å². The number of hydrogen-bond donors (Lipinski definition) is 0. The molecule has 0 fully saturated rings. The molecule has 2 heterocycles. The molecule has 5 heteroatoms. The molecule has 0 spiro atoms. The lowest BCUT2D eigenvalue weighted by atomic mass is 9.96. The zero-order valence-corrected chi connectivity index (χ0v) is 25.2. The molecule has 0 aliphatic carbocycles. The van der Waals surface area contributed by atoms with Gasteiger partial charge in [-0.15, -0.1) is 0 Å². The fraction of sp³-hybridized carbons (Fsp3) is 0. The van der Waals surface area contributed by atoms with Crippen LogP contribution in [0, 0.1) is 0 Å². The molecule has 0 unspecified atom stereocenters. The fourth-order valence-corrected chi connectivity index (χ4v) is 6.45. The first-order chi connectivity index (χ1) is 22.6. The standard InChI is InChI=1S/C41H24ClN3O/c42-41-44-39(43-40(45-41)33-18-19-38-36(24-33)35-10-3-4-11-37(35)46-38)32-9-5-8-28(21-32)30-16-13-26-14-17-31(23-34(26)22-30)29-15-12-25-6-1-2-7-27(25)20-29/h1-24H. The van der Waals surface area contributed by atoms with Gasteiger partial charge in [0.25, 0.3) is 0 Å². The predicted molar refractivity (Wildman–Crippen MR) is 189 cm³/mol. The van der Waals surface area contributed by atoms with Crippen LogP contribution in [0.2, 0.25) is 5.28 Å². The molecular weight excluding hydrogens is 586 g/mol. The quantitative estimate of drug-likeness (QED) is 0.199. The summed E-state index contributed by atoms with van der Waals surface area (Å²) in [7, 11) is 0. The van der Waals surface area contributed by atoms with Crippen molar-refractivity contribution in [3.05, 3.63) is 151 Å². The smallest absolute Gasteiger partial charge is 0.226 e. The van der Waals surface area contributed by atoms with Gasteiger partial charge >= 0.3 is 0 Å². The van der Waals surface area contributed by atoms with E-state index in [1.54, 1.807) is 0 Å². The van der Waals surface area contributed by atoms with Gasteiger partial charge in [-0.1, -0.05) is 97.1 Å². The van der Waals surface area contributed by atoms with Gasteiger partial charge in [0.05, 0.1) is 0 Å². The van der Waals surface area contributed by atoms with Crippen molar-refractivity contribution in [2.45, 2.75) is 0 Å². The minimum absolute atomic E-state index is 0.148. The maximum atomic E-state index is 6.48. The number of para-hydroxylation sites is 1. The summed E-state index contributed by atoms with van der Waals surface area (Å²) in [5.74, 6) is 1.04. The molecule has 0 saturated heterocycles. The Labute approximate surface area is 269 Å². The Balaban J connectivity index is 1.08. The molecule has 0 N–H and O–H groups in total. The Morgan fingerprint density at radius 3 is 1.67 bits per heavy atom. The molecule has 0 aliphatic heterocycles. The van der Waals surface area contributed by atoms with Crippen LogP contribution in [0.1, 0.15) is 0 Å². The number of aromatic nitrogens is 3. The Bertz CT molecular complexity index is 2620. The van der Waals surface area contributed by atoms with E-state index in [2.05, 4.69) is 107 Å². The van der Waals surface area contributed by atoms with Crippen LogP contribution >= 0.6 is 11.6 Å². The third-order valence-electron chi connectivity index (χ3n) is 8.62. The summed E-state index contributed by atoms with van der Waals surface area (Å²) in [6.07, 6.45) is 0. The lowest BCUT2D eigenvalue weighted by molar-refractivity contribution is 0.669. The second kappa shape index (κ2) is 10.7. The van der Waals surface area contributed by atoms with Crippen molar-refractivity contribution < 1.29 is 4.42 Å². The third kappa shape index (κ3) is 4.68. The molecule has 2 aromatic heterocycles. The van der Waals surface area contributed by atoms with Gasteiger partial charge in [0.2, 0.25) is 5.28 Å². The van der Waals surface area contributed by atoms with E-state index >= 15 is 0 Å². The van der Waals surface area contributed by atoms with Crippen LogP contribution in [0.15, 0.2) is 150 Å². The molecule has 0 amide bonds. The number of fused-ring (bicyclic) bond motifs is 5. The normalized spacial score (nSPS) is 11.6. The minimum atomic E-state index is 0.148. The lowest BCUT2D eigenvalue weighted by Gasteiger charge is -2.10. The number of halogens is 1. The van der Waals surface area contributed by atoms with Crippen molar-refractivity contribution >= 4 is 55.1 Å². The first kappa shape index (κ1) is 26.6. The van der Waals surface area contributed by atoms with E-state index in [1.807, 2.05) is 48.5 Å². The molecule has 9 aromatic rings. The molecule has 0 bridgehead atoms. The molecule has 0 aliphatic rings. The topological polar surface area (TPSA) is 51.8 Å². The van der Waals surface area contributed by atoms with Crippen LogP contribution in [-0.2, 0) is 0 Å². The summed E-state index contributed by atoms with van der Waals surface area (Å²) in [5, 5.41) is 7.06. The number of rotatable bonds is 4. The molecule has 46 heavy (non-hydrogen) atoms. The lowest BCUT2D eigenvalue weighted by Crippen LogP contribution is -1.97. The van der Waals surface area contributed by atoms with E-state index in [1.165, 1.54) is 32.7 Å². The summed E-state index contributed by atoms with van der Waals surface area (Å²) in [4.78, 5) is 13.8. The van der Waals surface area contributed by atoms with Gasteiger partial charge in [-0.05, 0) is 104 Å². The van der Waals surface area contributed by atoms with Crippen LogP contribution in [0.3, 0.4) is 0 Å². The van der Waals surface area contributed by atoms with Crippen LogP contribution in [0.25, 0.3) is 88.5 Å². The highest BCUT2D eigenvalue weighted by Gasteiger charge is 2.14. The van der Waals surface area contributed by atoms with Gasteiger partial charge in [-0.2, -0.15) is 9.97 Å². The van der Waals surface area contributed by atoms with Crippen LogP contribution in [-0.4, -0.2) is 15.0 Å². The largest absolute Gasteiger partial charge is 0.456 e. The van der Waals surface area contributed by atoms with Gasteiger partial charge in [0.1, 0.15) is 11.2 Å². The van der Waals surface area contributed by atoms with Gasteiger partial charge in [0.15, 0.2) is 11.6 Å². The first-order valence-electron chi connectivity index (χ1n) is 15.1. The Hall–Kier alpha value is -5.84. The molecule has 9 rings (SSSR count). The highest BCUT2D eigenvalue weighted by Crippen LogP contribution is 2.34. The first-order valence-corrected chi connectivity index (χ1v) is 15.5. The van der Waals surface area contributed by atoms with Crippen molar-refractivity contribution in [2.24, 2.45) is 0 Å². The Morgan fingerprint density at radius 2 is 0.913 bits per heavy atom. The van der Waals surface area contributed by atoms with E-state index in [9.17, 15) is 0 Å². The maximum Gasteiger partial charge on any atom is 0.226 e. The summed E-state index contributed by atoms with van der Waals surface area (Å²) in [6.45, 7) is 0. The Morgan fingerprint density at radius 1 is 0.370 bits per heavy atom. The van der Waals surface area contributed by atoms with Crippen molar-refractivity contribution in [3.8, 4) is 45.0 Å². The summed E-state index contributed by atoms with van der Waals surface area (Å²) >= 11 is 6.48. The molecule has 4 nitrogen and oxygen atoms in total.